The smallest absolute Gasteiger partial charge is 0.340 e. The normalized spacial score (nSPS) is 10.6. The van der Waals surface area contributed by atoms with Gasteiger partial charge in [0.15, 0.2) is 23.0 Å². The zero-order valence-corrected chi connectivity index (χ0v) is 18.8. The van der Waals surface area contributed by atoms with E-state index in [1.807, 2.05) is 6.07 Å². The molecule has 31 heavy (non-hydrogen) atoms. The zero-order chi connectivity index (χ0) is 22.5. The number of rotatable bonds is 8. The van der Waals surface area contributed by atoms with E-state index in [4.69, 9.17) is 35.3 Å². The maximum Gasteiger partial charge on any atom is 0.340 e. The van der Waals surface area contributed by atoms with E-state index in [-0.39, 0.29) is 12.5 Å². The molecule has 0 N–H and O–H groups in total. The SMILES string of the molecule is CCOC(=O)c1c(CCl)nc2cc(OC)c(OC)cc2c1-c1ccc(OC)c(OC)c1. The second-order valence-electron chi connectivity index (χ2n) is 6.46. The summed E-state index contributed by atoms with van der Waals surface area (Å²) in [4.78, 5) is 17.6. The number of carbonyl (C=O) groups is 1. The molecular weight excluding hydrogens is 422 g/mol. The van der Waals surface area contributed by atoms with Gasteiger partial charge < -0.3 is 23.7 Å². The van der Waals surface area contributed by atoms with Gasteiger partial charge in [-0.25, -0.2) is 4.79 Å². The molecule has 1 heterocycles. The van der Waals surface area contributed by atoms with Crippen molar-refractivity contribution in [3.05, 3.63) is 41.6 Å². The highest BCUT2D eigenvalue weighted by molar-refractivity contribution is 6.18. The number of fused-ring (bicyclic) bond motifs is 1. The summed E-state index contributed by atoms with van der Waals surface area (Å²) in [5.74, 6) is 1.63. The lowest BCUT2D eigenvalue weighted by Gasteiger charge is -2.18. The fraction of sp³-hybridized carbons (Fsp3) is 0.304. The topological polar surface area (TPSA) is 76.1 Å². The van der Waals surface area contributed by atoms with Gasteiger partial charge in [0.2, 0.25) is 0 Å². The van der Waals surface area contributed by atoms with Crippen LogP contribution in [0.3, 0.4) is 0 Å². The van der Waals surface area contributed by atoms with Crippen LogP contribution < -0.4 is 18.9 Å². The lowest BCUT2D eigenvalue weighted by Crippen LogP contribution is -2.12. The Balaban J connectivity index is 2.47. The Morgan fingerprint density at radius 1 is 0.903 bits per heavy atom. The molecule has 7 nitrogen and oxygen atoms in total. The highest BCUT2D eigenvalue weighted by atomic mass is 35.5. The number of benzene rings is 2. The number of ether oxygens (including phenoxy) is 5. The van der Waals surface area contributed by atoms with E-state index in [1.54, 1.807) is 59.6 Å². The van der Waals surface area contributed by atoms with Crippen molar-refractivity contribution < 1.29 is 28.5 Å². The molecule has 0 fully saturated rings. The molecule has 0 spiro atoms. The third kappa shape index (κ3) is 4.18. The summed E-state index contributed by atoms with van der Waals surface area (Å²) in [6, 6.07) is 8.95. The van der Waals surface area contributed by atoms with Crippen molar-refractivity contribution in [3.63, 3.8) is 0 Å². The largest absolute Gasteiger partial charge is 0.493 e. The van der Waals surface area contributed by atoms with Gasteiger partial charge in [-0.2, -0.15) is 0 Å². The second kappa shape index (κ2) is 9.75. The van der Waals surface area contributed by atoms with Crippen LogP contribution in [-0.4, -0.2) is 46.0 Å². The van der Waals surface area contributed by atoms with Crippen molar-refractivity contribution in [2.45, 2.75) is 12.8 Å². The number of carbonyl (C=O) groups excluding carboxylic acids is 1. The highest BCUT2D eigenvalue weighted by Crippen LogP contribution is 2.42. The molecule has 0 aliphatic rings. The van der Waals surface area contributed by atoms with E-state index in [2.05, 4.69) is 4.98 Å². The second-order valence-corrected chi connectivity index (χ2v) is 6.72. The minimum absolute atomic E-state index is 0.0265. The molecule has 0 amide bonds. The summed E-state index contributed by atoms with van der Waals surface area (Å²) in [5, 5.41) is 0.682. The number of alkyl halides is 1. The lowest BCUT2D eigenvalue weighted by molar-refractivity contribution is 0.0526. The van der Waals surface area contributed by atoms with Crippen molar-refractivity contribution in [2.24, 2.45) is 0 Å². The van der Waals surface area contributed by atoms with E-state index in [1.165, 1.54) is 0 Å². The number of nitrogens with zero attached hydrogens (tertiary/aromatic N) is 1. The number of methoxy groups -OCH3 is 4. The van der Waals surface area contributed by atoms with Crippen molar-refractivity contribution in [3.8, 4) is 34.1 Å². The summed E-state index contributed by atoms with van der Waals surface area (Å²) < 4.78 is 27.1. The standard InChI is InChI=1S/C23H24ClNO6/c1-6-31-23(26)22-16(12-24)25-15-11-20(30-5)19(29-4)10-14(15)21(22)13-7-8-17(27-2)18(9-13)28-3/h7-11H,6,12H2,1-5H3. The van der Waals surface area contributed by atoms with Gasteiger partial charge in [0.05, 0.1) is 57.7 Å². The van der Waals surface area contributed by atoms with Crippen LogP contribution in [0.25, 0.3) is 22.0 Å². The Labute approximate surface area is 185 Å². The van der Waals surface area contributed by atoms with Gasteiger partial charge in [0.1, 0.15) is 0 Å². The molecular formula is C23H24ClNO6. The average Bonchev–Trinajstić information content (AvgIpc) is 2.81. The van der Waals surface area contributed by atoms with Gasteiger partial charge in [-0.15, -0.1) is 11.6 Å². The van der Waals surface area contributed by atoms with E-state index in [9.17, 15) is 4.79 Å². The predicted molar refractivity (Wildman–Crippen MR) is 119 cm³/mol. The maximum atomic E-state index is 13.0. The number of hydrogen-bond donors (Lipinski definition) is 0. The van der Waals surface area contributed by atoms with Crippen molar-refractivity contribution in [1.29, 1.82) is 0 Å². The van der Waals surface area contributed by atoms with Crippen LogP contribution in [0.15, 0.2) is 30.3 Å². The fourth-order valence-electron chi connectivity index (χ4n) is 3.45. The van der Waals surface area contributed by atoms with Crippen LogP contribution in [0.2, 0.25) is 0 Å². The molecule has 0 saturated carbocycles. The van der Waals surface area contributed by atoms with E-state index in [0.717, 1.165) is 0 Å². The molecule has 0 unspecified atom stereocenters. The summed E-state index contributed by atoms with van der Waals surface area (Å²) in [7, 11) is 6.21. The third-order valence-corrected chi connectivity index (χ3v) is 5.10. The molecule has 0 radical (unpaired) electrons. The maximum absolute atomic E-state index is 13.0. The minimum atomic E-state index is -0.507. The van der Waals surface area contributed by atoms with Crippen molar-refractivity contribution >= 4 is 28.5 Å². The summed E-state index contributed by atoms with van der Waals surface area (Å²) in [6.45, 7) is 1.96. The van der Waals surface area contributed by atoms with Crippen LogP contribution in [0, 0.1) is 0 Å². The molecule has 0 aliphatic carbocycles. The van der Waals surface area contributed by atoms with Crippen LogP contribution in [0.5, 0.6) is 23.0 Å². The molecule has 1 aromatic heterocycles. The van der Waals surface area contributed by atoms with E-state index >= 15 is 0 Å². The molecule has 8 heteroatoms. The minimum Gasteiger partial charge on any atom is -0.493 e. The summed E-state index contributed by atoms with van der Waals surface area (Å²) in [5.41, 5.74) is 2.63. The van der Waals surface area contributed by atoms with E-state index in [0.29, 0.717) is 56.3 Å². The van der Waals surface area contributed by atoms with Crippen LogP contribution >= 0.6 is 11.6 Å². The molecule has 0 bridgehead atoms. The van der Waals surface area contributed by atoms with Gasteiger partial charge in [0.25, 0.3) is 0 Å². The number of halogens is 1. The van der Waals surface area contributed by atoms with Gasteiger partial charge in [-0.3, -0.25) is 4.98 Å². The highest BCUT2D eigenvalue weighted by Gasteiger charge is 2.25. The first kappa shape index (κ1) is 22.5. The van der Waals surface area contributed by atoms with Gasteiger partial charge in [-0.1, -0.05) is 6.07 Å². The number of esters is 1. The third-order valence-electron chi connectivity index (χ3n) is 4.84. The molecule has 3 rings (SSSR count). The Morgan fingerprint density at radius 2 is 1.52 bits per heavy atom. The van der Waals surface area contributed by atoms with Gasteiger partial charge in [-0.05, 0) is 30.7 Å². The van der Waals surface area contributed by atoms with Gasteiger partial charge >= 0.3 is 5.97 Å². The lowest BCUT2D eigenvalue weighted by atomic mass is 9.93. The first-order chi connectivity index (χ1) is 15.0. The molecule has 0 atom stereocenters. The molecule has 0 saturated heterocycles. The predicted octanol–water partition coefficient (Wildman–Crippen LogP) is 4.85. The van der Waals surface area contributed by atoms with Crippen molar-refractivity contribution in [1.82, 2.24) is 4.98 Å². The number of aromatic nitrogens is 1. The van der Waals surface area contributed by atoms with E-state index < -0.39 is 5.97 Å². The summed E-state index contributed by atoms with van der Waals surface area (Å²) in [6.07, 6.45) is 0. The summed E-state index contributed by atoms with van der Waals surface area (Å²) >= 11 is 6.20. The first-order valence-corrected chi connectivity index (χ1v) is 10.1. The fourth-order valence-corrected chi connectivity index (χ4v) is 3.65. The molecule has 2 aromatic carbocycles. The quantitative estimate of drug-likeness (QED) is 0.362. The number of hydrogen-bond acceptors (Lipinski definition) is 7. The average molecular weight is 446 g/mol. The van der Waals surface area contributed by atoms with Crippen LogP contribution in [-0.2, 0) is 10.6 Å². The zero-order valence-electron chi connectivity index (χ0n) is 18.1. The Bertz CT molecular complexity index is 1120. The van der Waals surface area contributed by atoms with Crippen LogP contribution in [0.1, 0.15) is 23.0 Å². The molecule has 0 aliphatic heterocycles. The first-order valence-electron chi connectivity index (χ1n) is 9.56. The molecule has 164 valence electrons. The Morgan fingerprint density at radius 3 is 2.10 bits per heavy atom. The Kier molecular flexibility index (Phi) is 7.07. The van der Waals surface area contributed by atoms with Gasteiger partial charge in [0, 0.05) is 17.0 Å². The molecule has 3 aromatic rings. The monoisotopic (exact) mass is 445 g/mol. The Hall–Kier alpha value is -3.19. The van der Waals surface area contributed by atoms with Crippen molar-refractivity contribution in [2.75, 3.05) is 35.0 Å². The number of pyridine rings is 1. The van der Waals surface area contributed by atoms with Crippen LogP contribution in [0.4, 0.5) is 0 Å².